The predicted octanol–water partition coefficient (Wildman–Crippen LogP) is 4.17. The van der Waals surface area contributed by atoms with E-state index in [2.05, 4.69) is 0 Å². The molecule has 21 heavy (non-hydrogen) atoms. The van der Waals surface area contributed by atoms with E-state index in [4.69, 9.17) is 21.1 Å². The van der Waals surface area contributed by atoms with Crippen molar-refractivity contribution in [2.75, 3.05) is 6.54 Å². The SMILES string of the molecule is CC(C)(C)OC(=O)N1CCC[C@H]2Oc3cc(Cl)ccc3[C@H]21. The summed E-state index contributed by atoms with van der Waals surface area (Å²) in [5.74, 6) is 0.785. The first kappa shape index (κ1) is 14.5. The molecule has 1 saturated heterocycles. The van der Waals surface area contributed by atoms with Crippen LogP contribution in [0, 0.1) is 0 Å². The van der Waals surface area contributed by atoms with Crippen LogP contribution in [0.5, 0.6) is 5.75 Å². The zero-order valence-electron chi connectivity index (χ0n) is 12.6. The van der Waals surface area contributed by atoms with Gasteiger partial charge < -0.3 is 9.47 Å². The third-order valence-corrected chi connectivity index (χ3v) is 4.01. The second-order valence-electron chi connectivity index (χ2n) is 6.60. The van der Waals surface area contributed by atoms with Gasteiger partial charge in [0.1, 0.15) is 23.5 Å². The van der Waals surface area contributed by atoms with Gasteiger partial charge in [0.15, 0.2) is 0 Å². The number of carbonyl (C=O) groups excluding carboxylic acids is 1. The van der Waals surface area contributed by atoms with E-state index in [1.54, 1.807) is 4.90 Å². The van der Waals surface area contributed by atoms with Crippen molar-refractivity contribution >= 4 is 17.7 Å². The molecule has 1 amide bonds. The van der Waals surface area contributed by atoms with E-state index in [0.717, 1.165) is 24.2 Å². The first-order chi connectivity index (χ1) is 9.85. The quantitative estimate of drug-likeness (QED) is 0.722. The van der Waals surface area contributed by atoms with Crippen LogP contribution in [-0.2, 0) is 4.74 Å². The number of halogens is 1. The Morgan fingerprint density at radius 3 is 2.90 bits per heavy atom. The van der Waals surface area contributed by atoms with Gasteiger partial charge in [0.05, 0.1) is 0 Å². The van der Waals surface area contributed by atoms with E-state index in [1.165, 1.54) is 0 Å². The van der Waals surface area contributed by atoms with Crippen molar-refractivity contribution in [3.05, 3.63) is 28.8 Å². The molecule has 0 saturated carbocycles. The monoisotopic (exact) mass is 309 g/mol. The number of hydrogen-bond acceptors (Lipinski definition) is 3. The number of hydrogen-bond donors (Lipinski definition) is 0. The normalized spacial score (nSPS) is 24.1. The summed E-state index contributed by atoms with van der Waals surface area (Å²) in [6.45, 7) is 6.34. The van der Waals surface area contributed by atoms with Crippen LogP contribution < -0.4 is 4.74 Å². The van der Waals surface area contributed by atoms with Gasteiger partial charge in [0.25, 0.3) is 0 Å². The number of rotatable bonds is 0. The topological polar surface area (TPSA) is 38.8 Å². The number of amides is 1. The summed E-state index contributed by atoms with van der Waals surface area (Å²) in [6, 6.07) is 5.54. The minimum atomic E-state index is -0.494. The van der Waals surface area contributed by atoms with Crippen LogP contribution in [0.3, 0.4) is 0 Å². The van der Waals surface area contributed by atoms with E-state index >= 15 is 0 Å². The van der Waals surface area contributed by atoms with Gasteiger partial charge in [0, 0.05) is 17.1 Å². The molecule has 0 aromatic heterocycles. The molecule has 114 valence electrons. The van der Waals surface area contributed by atoms with Gasteiger partial charge in [-0.25, -0.2) is 4.79 Å². The van der Waals surface area contributed by atoms with Gasteiger partial charge in [0.2, 0.25) is 0 Å². The number of ether oxygens (including phenoxy) is 2. The molecule has 2 aliphatic rings. The summed E-state index contributed by atoms with van der Waals surface area (Å²) in [4.78, 5) is 14.2. The fourth-order valence-corrected chi connectivity index (χ4v) is 3.16. The molecule has 2 atom stereocenters. The largest absolute Gasteiger partial charge is 0.487 e. The molecule has 0 radical (unpaired) electrons. The highest BCUT2D eigenvalue weighted by Gasteiger charge is 2.44. The number of likely N-dealkylation sites (tertiary alicyclic amines) is 1. The van der Waals surface area contributed by atoms with E-state index in [-0.39, 0.29) is 18.2 Å². The lowest BCUT2D eigenvalue weighted by molar-refractivity contribution is -0.00730. The molecule has 0 bridgehead atoms. The number of fused-ring (bicyclic) bond motifs is 3. The predicted molar refractivity (Wildman–Crippen MR) is 80.8 cm³/mol. The van der Waals surface area contributed by atoms with Gasteiger partial charge in [-0.05, 0) is 45.7 Å². The van der Waals surface area contributed by atoms with Gasteiger partial charge in [-0.1, -0.05) is 17.7 Å². The molecule has 0 aliphatic carbocycles. The molecular weight excluding hydrogens is 290 g/mol. The third kappa shape index (κ3) is 2.82. The van der Waals surface area contributed by atoms with E-state index in [0.29, 0.717) is 11.6 Å². The molecule has 2 heterocycles. The third-order valence-electron chi connectivity index (χ3n) is 3.78. The van der Waals surface area contributed by atoms with Crippen molar-refractivity contribution in [2.45, 2.75) is 51.4 Å². The lowest BCUT2D eigenvalue weighted by Gasteiger charge is -2.37. The molecule has 1 aromatic rings. The number of nitrogens with zero attached hydrogens (tertiary/aromatic N) is 1. The van der Waals surface area contributed by atoms with Crippen LogP contribution in [0.4, 0.5) is 4.79 Å². The lowest BCUT2D eigenvalue weighted by Crippen LogP contribution is -2.46. The molecule has 5 heteroatoms. The van der Waals surface area contributed by atoms with Crippen LogP contribution in [0.15, 0.2) is 18.2 Å². The molecule has 1 fully saturated rings. The van der Waals surface area contributed by atoms with Gasteiger partial charge in [-0.3, -0.25) is 4.90 Å². The number of carbonyl (C=O) groups is 1. The Hall–Kier alpha value is -1.42. The smallest absolute Gasteiger partial charge is 0.410 e. The molecule has 3 rings (SSSR count). The molecule has 0 N–H and O–H groups in total. The highest BCUT2D eigenvalue weighted by Crippen LogP contribution is 2.45. The Labute approximate surface area is 130 Å². The van der Waals surface area contributed by atoms with Crippen molar-refractivity contribution in [1.29, 1.82) is 0 Å². The number of benzene rings is 1. The fraction of sp³-hybridized carbons (Fsp3) is 0.562. The highest BCUT2D eigenvalue weighted by atomic mass is 35.5. The van der Waals surface area contributed by atoms with Crippen LogP contribution in [0.2, 0.25) is 5.02 Å². The van der Waals surface area contributed by atoms with Gasteiger partial charge >= 0.3 is 6.09 Å². The van der Waals surface area contributed by atoms with Crippen molar-refractivity contribution in [3.8, 4) is 5.75 Å². The Balaban J connectivity index is 1.89. The summed E-state index contributed by atoms with van der Waals surface area (Å²) in [7, 11) is 0. The molecule has 0 spiro atoms. The second kappa shape index (κ2) is 5.09. The Bertz CT molecular complexity index is 567. The standard InChI is InChI=1S/C16H20ClNO3/c1-16(2,3)21-15(19)18-8-4-5-12-14(18)11-7-6-10(17)9-13(11)20-12/h6-7,9,12,14H,4-5,8H2,1-3H3/t12-,14-/m1/s1. The Kier molecular flexibility index (Phi) is 3.52. The zero-order valence-corrected chi connectivity index (χ0v) is 13.3. The summed E-state index contributed by atoms with van der Waals surface area (Å²) >= 11 is 6.02. The summed E-state index contributed by atoms with van der Waals surface area (Å²) in [5.41, 5.74) is 0.529. The molecule has 4 nitrogen and oxygen atoms in total. The van der Waals surface area contributed by atoms with Crippen molar-refractivity contribution in [1.82, 2.24) is 4.90 Å². The average molecular weight is 310 g/mol. The number of piperidine rings is 1. The maximum Gasteiger partial charge on any atom is 0.410 e. The average Bonchev–Trinajstić information content (AvgIpc) is 2.73. The maximum absolute atomic E-state index is 12.5. The van der Waals surface area contributed by atoms with Crippen LogP contribution in [-0.4, -0.2) is 29.2 Å². The minimum Gasteiger partial charge on any atom is -0.487 e. The summed E-state index contributed by atoms with van der Waals surface area (Å²) < 4.78 is 11.5. The minimum absolute atomic E-state index is 0.000245. The van der Waals surface area contributed by atoms with Crippen LogP contribution in [0.25, 0.3) is 0 Å². The van der Waals surface area contributed by atoms with E-state index in [9.17, 15) is 4.79 Å². The van der Waals surface area contributed by atoms with Crippen molar-refractivity contribution < 1.29 is 14.3 Å². The molecule has 2 aliphatic heterocycles. The van der Waals surface area contributed by atoms with Crippen LogP contribution >= 0.6 is 11.6 Å². The Morgan fingerprint density at radius 1 is 1.43 bits per heavy atom. The molecular formula is C16H20ClNO3. The fourth-order valence-electron chi connectivity index (χ4n) is 3.00. The highest BCUT2D eigenvalue weighted by molar-refractivity contribution is 6.30. The van der Waals surface area contributed by atoms with Crippen LogP contribution in [0.1, 0.15) is 45.2 Å². The van der Waals surface area contributed by atoms with Gasteiger partial charge in [-0.2, -0.15) is 0 Å². The first-order valence-corrected chi connectivity index (χ1v) is 7.69. The van der Waals surface area contributed by atoms with Crippen molar-refractivity contribution in [3.63, 3.8) is 0 Å². The van der Waals surface area contributed by atoms with E-state index in [1.807, 2.05) is 39.0 Å². The molecule has 1 aromatic carbocycles. The van der Waals surface area contributed by atoms with Gasteiger partial charge in [-0.15, -0.1) is 0 Å². The lowest BCUT2D eigenvalue weighted by atomic mass is 9.95. The molecule has 0 unspecified atom stereocenters. The van der Waals surface area contributed by atoms with E-state index < -0.39 is 5.60 Å². The maximum atomic E-state index is 12.5. The zero-order chi connectivity index (χ0) is 15.2. The Morgan fingerprint density at radius 2 is 2.19 bits per heavy atom. The summed E-state index contributed by atoms with van der Waals surface area (Å²) in [6.07, 6.45) is 1.58. The second-order valence-corrected chi connectivity index (χ2v) is 7.04. The first-order valence-electron chi connectivity index (χ1n) is 7.31. The summed E-state index contributed by atoms with van der Waals surface area (Å²) in [5, 5.41) is 0.649. The van der Waals surface area contributed by atoms with Crippen molar-refractivity contribution in [2.24, 2.45) is 0 Å².